The van der Waals surface area contributed by atoms with E-state index in [0.29, 0.717) is 23.6 Å². The Kier molecular flexibility index (Phi) is 4.79. The first kappa shape index (κ1) is 18.9. The van der Waals surface area contributed by atoms with Gasteiger partial charge in [0, 0.05) is 30.5 Å². The highest BCUT2D eigenvalue weighted by Gasteiger charge is 2.51. The first-order valence-electron chi connectivity index (χ1n) is 9.81. The predicted molar refractivity (Wildman–Crippen MR) is 103 cm³/mol. The van der Waals surface area contributed by atoms with Gasteiger partial charge in [-0.25, -0.2) is 0 Å². The van der Waals surface area contributed by atoms with Crippen LogP contribution in [0.25, 0.3) is 0 Å². The first-order chi connectivity index (χ1) is 12.8. The smallest absolute Gasteiger partial charge is 0.225 e. The van der Waals surface area contributed by atoms with Crippen LogP contribution in [0.3, 0.4) is 0 Å². The molecule has 5 nitrogen and oxygen atoms in total. The number of likely N-dealkylation sites (tertiary alicyclic amines) is 1. The van der Waals surface area contributed by atoms with Crippen LogP contribution in [0.15, 0.2) is 18.2 Å². The Morgan fingerprint density at radius 2 is 1.93 bits per heavy atom. The van der Waals surface area contributed by atoms with Gasteiger partial charge in [-0.2, -0.15) is 0 Å². The summed E-state index contributed by atoms with van der Waals surface area (Å²) < 4.78 is 11.4. The molecule has 4 rings (SSSR count). The summed E-state index contributed by atoms with van der Waals surface area (Å²) in [5, 5.41) is 10.4. The summed E-state index contributed by atoms with van der Waals surface area (Å²) in [5.74, 6) is 1.68. The highest BCUT2D eigenvalue weighted by Crippen LogP contribution is 2.47. The Morgan fingerprint density at radius 3 is 2.52 bits per heavy atom. The lowest BCUT2D eigenvalue weighted by Gasteiger charge is -2.55. The lowest BCUT2D eigenvalue weighted by molar-refractivity contribution is -0.164. The Morgan fingerprint density at radius 1 is 1.26 bits per heavy atom. The van der Waals surface area contributed by atoms with E-state index in [2.05, 4.69) is 0 Å². The van der Waals surface area contributed by atoms with Crippen LogP contribution in [0, 0.1) is 11.3 Å². The van der Waals surface area contributed by atoms with E-state index >= 15 is 0 Å². The maximum Gasteiger partial charge on any atom is 0.225 e. The van der Waals surface area contributed by atoms with Gasteiger partial charge in [-0.1, -0.05) is 11.6 Å². The monoisotopic (exact) mass is 393 g/mol. The molecule has 1 heterocycles. The molecule has 3 aliphatic rings. The Labute approximate surface area is 165 Å². The molecule has 1 amide bonds. The van der Waals surface area contributed by atoms with Crippen molar-refractivity contribution in [2.24, 2.45) is 11.3 Å². The molecule has 6 heteroatoms. The molecular weight excluding hydrogens is 366 g/mol. The van der Waals surface area contributed by atoms with Gasteiger partial charge in [0.05, 0.1) is 23.8 Å². The van der Waals surface area contributed by atoms with E-state index in [9.17, 15) is 9.90 Å². The second-order valence-electron chi connectivity index (χ2n) is 8.91. The number of halogens is 1. The third kappa shape index (κ3) is 3.77. The summed E-state index contributed by atoms with van der Waals surface area (Å²) >= 11 is 6.07. The van der Waals surface area contributed by atoms with Crippen LogP contribution in [-0.2, 0) is 4.79 Å². The summed E-state index contributed by atoms with van der Waals surface area (Å²) in [5.41, 5.74) is -0.359. The minimum absolute atomic E-state index is 0.0249. The van der Waals surface area contributed by atoms with Gasteiger partial charge in [-0.3, -0.25) is 4.79 Å². The molecule has 148 valence electrons. The topological polar surface area (TPSA) is 59.0 Å². The van der Waals surface area contributed by atoms with Gasteiger partial charge in [0.1, 0.15) is 11.5 Å². The number of methoxy groups -OCH3 is 1. The van der Waals surface area contributed by atoms with E-state index < -0.39 is 5.60 Å². The van der Waals surface area contributed by atoms with Gasteiger partial charge in [-0.05, 0) is 57.6 Å². The fraction of sp³-hybridized carbons (Fsp3) is 0.667. The zero-order chi connectivity index (χ0) is 19.2. The molecule has 0 radical (unpaired) electrons. The van der Waals surface area contributed by atoms with E-state index in [1.807, 2.05) is 24.0 Å². The second-order valence-corrected chi connectivity index (χ2v) is 9.32. The highest BCUT2D eigenvalue weighted by molar-refractivity contribution is 6.32. The largest absolute Gasteiger partial charge is 0.495 e. The number of aliphatic hydroxyl groups is 1. The second kappa shape index (κ2) is 6.85. The van der Waals surface area contributed by atoms with Crippen molar-refractivity contribution >= 4 is 17.5 Å². The zero-order valence-corrected chi connectivity index (χ0v) is 16.8. The summed E-state index contributed by atoms with van der Waals surface area (Å²) in [6.45, 7) is 3.55. The average molecular weight is 394 g/mol. The molecule has 1 saturated heterocycles. The third-order valence-electron chi connectivity index (χ3n) is 6.50. The van der Waals surface area contributed by atoms with Crippen molar-refractivity contribution in [2.75, 3.05) is 20.2 Å². The van der Waals surface area contributed by atoms with Crippen molar-refractivity contribution in [3.05, 3.63) is 23.2 Å². The molecule has 2 saturated carbocycles. The molecular formula is C21H28ClNO4. The van der Waals surface area contributed by atoms with E-state index in [1.54, 1.807) is 13.2 Å². The molecule has 1 spiro atoms. The van der Waals surface area contributed by atoms with Gasteiger partial charge in [0.25, 0.3) is 0 Å². The van der Waals surface area contributed by atoms with Gasteiger partial charge in [-0.15, -0.1) is 0 Å². The van der Waals surface area contributed by atoms with Crippen LogP contribution < -0.4 is 9.47 Å². The molecule has 27 heavy (non-hydrogen) atoms. The van der Waals surface area contributed by atoms with Gasteiger partial charge in [0.15, 0.2) is 0 Å². The summed E-state index contributed by atoms with van der Waals surface area (Å²) in [6.07, 6.45) is 5.61. The van der Waals surface area contributed by atoms with Crippen molar-refractivity contribution in [2.45, 2.75) is 57.2 Å². The number of nitrogens with zero attached hydrogens (tertiary/aromatic N) is 1. The fourth-order valence-electron chi connectivity index (χ4n) is 4.90. The summed E-state index contributed by atoms with van der Waals surface area (Å²) in [7, 11) is 1.60. The molecule has 0 unspecified atom stereocenters. The molecule has 2 aliphatic carbocycles. The molecule has 0 aromatic heterocycles. The number of carbonyl (C=O) groups is 1. The molecule has 0 bridgehead atoms. The molecule has 1 aromatic carbocycles. The molecule has 1 aromatic rings. The minimum atomic E-state index is -0.636. The van der Waals surface area contributed by atoms with Crippen LogP contribution >= 0.6 is 11.6 Å². The number of ether oxygens (including phenoxy) is 2. The van der Waals surface area contributed by atoms with E-state index in [-0.39, 0.29) is 23.3 Å². The fourth-order valence-corrected chi connectivity index (χ4v) is 5.09. The lowest BCUT2D eigenvalue weighted by atomic mass is 9.66. The maximum absolute atomic E-state index is 12.5. The number of benzene rings is 1. The molecule has 0 atom stereocenters. The molecule has 1 aliphatic heterocycles. The van der Waals surface area contributed by atoms with Crippen molar-refractivity contribution in [1.82, 2.24) is 4.90 Å². The summed E-state index contributed by atoms with van der Waals surface area (Å²) in [6, 6.07) is 5.52. The molecule has 1 N–H and O–H groups in total. The number of rotatable bonds is 4. The van der Waals surface area contributed by atoms with Crippen LogP contribution in [0.5, 0.6) is 11.5 Å². The lowest BCUT2D eigenvalue weighted by Crippen LogP contribution is -2.63. The van der Waals surface area contributed by atoms with Gasteiger partial charge < -0.3 is 19.5 Å². The van der Waals surface area contributed by atoms with Crippen LogP contribution in [-0.4, -0.2) is 47.8 Å². The van der Waals surface area contributed by atoms with Gasteiger partial charge >= 0.3 is 0 Å². The summed E-state index contributed by atoms with van der Waals surface area (Å²) in [4.78, 5) is 14.5. The van der Waals surface area contributed by atoms with E-state index in [0.717, 1.165) is 44.5 Å². The minimum Gasteiger partial charge on any atom is -0.495 e. The van der Waals surface area contributed by atoms with Crippen molar-refractivity contribution < 1.29 is 19.4 Å². The average Bonchev–Trinajstić information content (AvgIpc) is 2.59. The van der Waals surface area contributed by atoms with Crippen LogP contribution in [0.4, 0.5) is 0 Å². The Balaban J connectivity index is 1.25. The first-order valence-corrected chi connectivity index (χ1v) is 10.2. The van der Waals surface area contributed by atoms with Crippen molar-refractivity contribution in [1.29, 1.82) is 0 Å². The van der Waals surface area contributed by atoms with Crippen molar-refractivity contribution in [3.8, 4) is 11.5 Å². The Hall–Kier alpha value is -1.46. The Bertz CT molecular complexity index is 711. The number of hydrogen-bond donors (Lipinski definition) is 1. The predicted octanol–water partition coefficient (Wildman–Crippen LogP) is 3.66. The van der Waals surface area contributed by atoms with E-state index in [4.69, 9.17) is 21.1 Å². The number of hydrogen-bond acceptors (Lipinski definition) is 4. The highest BCUT2D eigenvalue weighted by atomic mass is 35.5. The number of amides is 1. The van der Waals surface area contributed by atoms with Gasteiger partial charge in [0.2, 0.25) is 5.91 Å². The third-order valence-corrected chi connectivity index (χ3v) is 6.82. The van der Waals surface area contributed by atoms with E-state index in [1.165, 1.54) is 0 Å². The quantitative estimate of drug-likeness (QED) is 0.848. The zero-order valence-electron chi connectivity index (χ0n) is 16.0. The standard InChI is InChI=1S/C21H28ClNO4/c1-20(25)10-14(11-20)19(24)23-12-21(13-23)7-5-15(6-8-21)27-16-3-4-17(22)18(9-16)26-2/h3-4,9,14-15,25H,5-8,10-13H2,1-2H3. The van der Waals surface area contributed by atoms with Crippen molar-refractivity contribution in [3.63, 3.8) is 0 Å². The van der Waals surface area contributed by atoms with Crippen LogP contribution in [0.2, 0.25) is 5.02 Å². The normalized spacial score (nSPS) is 29.8. The SMILES string of the molecule is COc1cc(OC2CCC3(CC2)CN(C(=O)C2CC(C)(O)C2)C3)ccc1Cl. The maximum atomic E-state index is 12.5. The number of carbonyl (C=O) groups excluding carboxylic acids is 1. The van der Waals surface area contributed by atoms with Crippen LogP contribution in [0.1, 0.15) is 45.4 Å². The molecule has 3 fully saturated rings.